The average Bonchev–Trinajstić information content (AvgIpc) is 2.37. The van der Waals surface area contributed by atoms with Crippen LogP contribution in [0.2, 0.25) is 0 Å². The molecule has 1 fully saturated rings. The van der Waals surface area contributed by atoms with Crippen LogP contribution in [0, 0.1) is 12.3 Å². The second-order valence-electron chi connectivity index (χ2n) is 5.14. The first-order chi connectivity index (χ1) is 8.47. The van der Waals surface area contributed by atoms with E-state index >= 15 is 0 Å². The third kappa shape index (κ3) is 4.30. The molecule has 18 heavy (non-hydrogen) atoms. The molecule has 0 saturated carbocycles. The molecule has 1 heterocycles. The Balaban J connectivity index is 2.40. The van der Waals surface area contributed by atoms with E-state index in [9.17, 15) is 4.79 Å². The summed E-state index contributed by atoms with van der Waals surface area (Å²) in [6.45, 7) is 8.03. The number of hydrogen-bond acceptors (Lipinski definition) is 4. The largest absolute Gasteiger partial charge is 0.379 e. The SMILES string of the molecule is C#CCC(N)C(=O)NCC(C)(C)N1CCOCC1. The maximum absolute atomic E-state index is 11.7. The van der Waals surface area contributed by atoms with Crippen LogP contribution in [0.25, 0.3) is 0 Å². The van der Waals surface area contributed by atoms with Gasteiger partial charge in [-0.1, -0.05) is 0 Å². The van der Waals surface area contributed by atoms with Crippen molar-refractivity contribution in [3.8, 4) is 12.3 Å². The van der Waals surface area contributed by atoms with E-state index < -0.39 is 6.04 Å². The Morgan fingerprint density at radius 1 is 1.56 bits per heavy atom. The van der Waals surface area contributed by atoms with Crippen LogP contribution in [0.5, 0.6) is 0 Å². The fraction of sp³-hybridized carbons (Fsp3) is 0.769. The molecule has 0 bridgehead atoms. The zero-order valence-electron chi connectivity index (χ0n) is 11.2. The van der Waals surface area contributed by atoms with E-state index in [1.54, 1.807) is 0 Å². The number of amides is 1. The number of morpholine rings is 1. The minimum Gasteiger partial charge on any atom is -0.379 e. The topological polar surface area (TPSA) is 67.6 Å². The minimum absolute atomic E-state index is 0.102. The predicted octanol–water partition coefficient (Wildman–Crippen LogP) is -0.436. The lowest BCUT2D eigenvalue weighted by molar-refractivity contribution is -0.123. The van der Waals surface area contributed by atoms with Gasteiger partial charge in [0.15, 0.2) is 0 Å². The number of hydrogen-bond donors (Lipinski definition) is 2. The molecule has 1 rings (SSSR count). The summed E-state index contributed by atoms with van der Waals surface area (Å²) in [6, 6.07) is -0.615. The second-order valence-corrected chi connectivity index (χ2v) is 5.14. The molecule has 1 amide bonds. The van der Waals surface area contributed by atoms with Gasteiger partial charge in [0, 0.05) is 31.6 Å². The molecule has 0 radical (unpaired) electrons. The summed E-state index contributed by atoms with van der Waals surface area (Å²) in [5.74, 6) is 2.21. The Labute approximate surface area is 109 Å². The van der Waals surface area contributed by atoms with Crippen molar-refractivity contribution >= 4 is 5.91 Å². The van der Waals surface area contributed by atoms with Crippen LogP contribution in [0.4, 0.5) is 0 Å². The molecular weight excluding hydrogens is 230 g/mol. The second kappa shape index (κ2) is 6.74. The molecular formula is C13H23N3O2. The van der Waals surface area contributed by atoms with Crippen molar-refractivity contribution in [3.63, 3.8) is 0 Å². The maximum atomic E-state index is 11.7. The van der Waals surface area contributed by atoms with Crippen LogP contribution >= 0.6 is 0 Å². The monoisotopic (exact) mass is 253 g/mol. The fourth-order valence-electron chi connectivity index (χ4n) is 1.93. The lowest BCUT2D eigenvalue weighted by Gasteiger charge is -2.41. The summed E-state index contributed by atoms with van der Waals surface area (Å²) in [7, 11) is 0. The van der Waals surface area contributed by atoms with Gasteiger partial charge in [-0.25, -0.2) is 0 Å². The smallest absolute Gasteiger partial charge is 0.237 e. The molecule has 0 aromatic rings. The highest BCUT2D eigenvalue weighted by molar-refractivity contribution is 5.81. The Hall–Kier alpha value is -1.09. The molecule has 0 aliphatic carbocycles. The minimum atomic E-state index is -0.615. The first-order valence-corrected chi connectivity index (χ1v) is 6.27. The summed E-state index contributed by atoms with van der Waals surface area (Å²) >= 11 is 0. The standard InChI is InChI=1S/C13H23N3O2/c1-4-5-11(14)12(17)15-10-13(2,3)16-6-8-18-9-7-16/h1,11H,5-10,14H2,2-3H3,(H,15,17). The number of nitrogens with two attached hydrogens (primary N) is 1. The van der Waals surface area contributed by atoms with Gasteiger partial charge in [0.1, 0.15) is 0 Å². The van der Waals surface area contributed by atoms with Crippen molar-refractivity contribution in [2.24, 2.45) is 5.73 Å². The van der Waals surface area contributed by atoms with Crippen LogP contribution in [-0.4, -0.2) is 55.2 Å². The first-order valence-electron chi connectivity index (χ1n) is 6.27. The molecule has 0 aromatic carbocycles. The van der Waals surface area contributed by atoms with Crippen LogP contribution in [-0.2, 0) is 9.53 Å². The van der Waals surface area contributed by atoms with E-state index in [0.29, 0.717) is 6.54 Å². The average molecular weight is 253 g/mol. The number of carbonyl (C=O) groups excluding carboxylic acids is 1. The quantitative estimate of drug-likeness (QED) is 0.652. The molecule has 1 unspecified atom stereocenters. The summed E-state index contributed by atoms with van der Waals surface area (Å²) in [4.78, 5) is 14.0. The van der Waals surface area contributed by atoms with Crippen molar-refractivity contribution < 1.29 is 9.53 Å². The van der Waals surface area contributed by atoms with Gasteiger partial charge in [0.05, 0.1) is 19.3 Å². The summed E-state index contributed by atoms with van der Waals surface area (Å²) in [5.41, 5.74) is 5.55. The molecule has 102 valence electrons. The molecule has 1 aliphatic heterocycles. The van der Waals surface area contributed by atoms with E-state index in [4.69, 9.17) is 16.9 Å². The van der Waals surface area contributed by atoms with Crippen molar-refractivity contribution in [3.05, 3.63) is 0 Å². The third-order valence-electron chi connectivity index (χ3n) is 3.24. The zero-order chi connectivity index (χ0) is 13.6. The van der Waals surface area contributed by atoms with Gasteiger partial charge in [0.25, 0.3) is 0 Å². The molecule has 1 aliphatic rings. The highest BCUT2D eigenvalue weighted by Gasteiger charge is 2.29. The van der Waals surface area contributed by atoms with Gasteiger partial charge < -0.3 is 15.8 Å². The summed E-state index contributed by atoms with van der Waals surface area (Å²) < 4.78 is 5.32. The number of nitrogens with zero attached hydrogens (tertiary/aromatic N) is 1. The van der Waals surface area contributed by atoms with E-state index in [1.165, 1.54) is 0 Å². The van der Waals surface area contributed by atoms with Crippen molar-refractivity contribution in [1.29, 1.82) is 0 Å². The van der Waals surface area contributed by atoms with Gasteiger partial charge >= 0.3 is 0 Å². The Kier molecular flexibility index (Phi) is 5.60. The molecule has 1 saturated heterocycles. The predicted molar refractivity (Wildman–Crippen MR) is 70.9 cm³/mol. The van der Waals surface area contributed by atoms with E-state index in [-0.39, 0.29) is 17.9 Å². The lowest BCUT2D eigenvalue weighted by atomic mass is 10.0. The third-order valence-corrected chi connectivity index (χ3v) is 3.24. The molecule has 0 aromatic heterocycles. The van der Waals surface area contributed by atoms with Crippen LogP contribution < -0.4 is 11.1 Å². The number of nitrogens with one attached hydrogen (secondary N) is 1. The van der Waals surface area contributed by atoms with E-state index in [1.807, 2.05) is 0 Å². The Morgan fingerprint density at radius 2 is 2.17 bits per heavy atom. The van der Waals surface area contributed by atoms with Crippen molar-refractivity contribution in [1.82, 2.24) is 10.2 Å². The lowest BCUT2D eigenvalue weighted by Crippen LogP contribution is -2.56. The van der Waals surface area contributed by atoms with Gasteiger partial charge in [-0.05, 0) is 13.8 Å². The first kappa shape index (κ1) is 15.0. The highest BCUT2D eigenvalue weighted by Crippen LogP contribution is 2.15. The number of ether oxygens (including phenoxy) is 1. The fourth-order valence-corrected chi connectivity index (χ4v) is 1.93. The molecule has 5 heteroatoms. The molecule has 3 N–H and O–H groups in total. The maximum Gasteiger partial charge on any atom is 0.237 e. The van der Waals surface area contributed by atoms with Crippen LogP contribution in [0.15, 0.2) is 0 Å². The van der Waals surface area contributed by atoms with Gasteiger partial charge in [0.2, 0.25) is 5.91 Å². The van der Waals surface area contributed by atoms with Crippen LogP contribution in [0.3, 0.4) is 0 Å². The van der Waals surface area contributed by atoms with Gasteiger partial charge in [-0.2, -0.15) is 0 Å². The molecule has 5 nitrogen and oxygen atoms in total. The number of terminal acetylenes is 1. The molecule has 1 atom stereocenters. The van der Waals surface area contributed by atoms with Crippen molar-refractivity contribution in [2.45, 2.75) is 31.8 Å². The van der Waals surface area contributed by atoms with Crippen LogP contribution in [0.1, 0.15) is 20.3 Å². The number of carbonyl (C=O) groups is 1. The zero-order valence-corrected chi connectivity index (χ0v) is 11.2. The van der Waals surface area contributed by atoms with Gasteiger partial charge in [-0.3, -0.25) is 9.69 Å². The normalized spacial score (nSPS) is 19.0. The highest BCUT2D eigenvalue weighted by atomic mass is 16.5. The summed E-state index contributed by atoms with van der Waals surface area (Å²) in [5, 5.41) is 2.86. The van der Waals surface area contributed by atoms with E-state index in [0.717, 1.165) is 26.3 Å². The summed E-state index contributed by atoms with van der Waals surface area (Å²) in [6.07, 6.45) is 5.40. The van der Waals surface area contributed by atoms with Crippen molar-refractivity contribution in [2.75, 3.05) is 32.8 Å². The van der Waals surface area contributed by atoms with E-state index in [2.05, 4.69) is 30.0 Å². The Morgan fingerprint density at radius 3 is 2.72 bits per heavy atom. The molecule has 0 spiro atoms. The number of rotatable bonds is 5. The van der Waals surface area contributed by atoms with Gasteiger partial charge in [-0.15, -0.1) is 12.3 Å². The Bertz CT molecular complexity index is 317.